The zero-order valence-electron chi connectivity index (χ0n) is 10.6. The number of halogens is 2. The lowest BCUT2D eigenvalue weighted by molar-refractivity contribution is 0.0696. The van der Waals surface area contributed by atoms with Crippen LogP contribution in [0.5, 0.6) is 0 Å². The molecule has 0 atom stereocenters. The number of carboxylic acid groups (broad SMARTS) is 1. The van der Waals surface area contributed by atoms with E-state index in [-0.39, 0.29) is 5.56 Å². The molecule has 21 heavy (non-hydrogen) atoms. The molecule has 108 valence electrons. The highest BCUT2D eigenvalue weighted by Crippen LogP contribution is 2.31. The molecule has 2 aromatic carbocycles. The molecule has 0 aliphatic rings. The summed E-state index contributed by atoms with van der Waals surface area (Å²) in [6, 6.07) is 9.21. The van der Waals surface area contributed by atoms with E-state index in [4.69, 9.17) is 22.4 Å². The zero-order chi connectivity index (χ0) is 15.6. The Morgan fingerprint density at radius 1 is 1.10 bits per heavy atom. The van der Waals surface area contributed by atoms with Crippen molar-refractivity contribution in [1.82, 2.24) is 0 Å². The molecule has 1 amide bonds. The number of hydrogen-bond donors (Lipinski definition) is 3. The summed E-state index contributed by atoms with van der Waals surface area (Å²) < 4.78 is 0.581. The molecule has 4 N–H and O–H groups in total. The Hall–Kier alpha value is -2.05. The van der Waals surface area contributed by atoms with Gasteiger partial charge in [-0.15, -0.1) is 0 Å². The van der Waals surface area contributed by atoms with Gasteiger partial charge in [0.25, 0.3) is 0 Å². The van der Waals surface area contributed by atoms with E-state index in [1.165, 1.54) is 18.2 Å². The number of nitrogens with two attached hydrogens (primary N) is 1. The van der Waals surface area contributed by atoms with E-state index >= 15 is 0 Å². The quantitative estimate of drug-likeness (QED) is 0.767. The molecule has 0 aliphatic carbocycles. The molecule has 0 unspecified atom stereocenters. The number of carbonyl (C=O) groups is 2. The van der Waals surface area contributed by atoms with Crippen LogP contribution in [0, 0.1) is 0 Å². The van der Waals surface area contributed by atoms with E-state index in [0.717, 1.165) is 0 Å². The number of nitrogens with one attached hydrogen (secondary N) is 1. The second kappa shape index (κ2) is 6.15. The highest BCUT2D eigenvalue weighted by molar-refractivity contribution is 9.10. The predicted octanol–water partition coefficient (Wildman–Crippen LogP) is 3.64. The molecule has 0 aromatic heterocycles. The molecule has 0 aliphatic heterocycles. The fourth-order valence-corrected chi connectivity index (χ4v) is 2.37. The topological polar surface area (TPSA) is 92.4 Å². The summed E-state index contributed by atoms with van der Waals surface area (Å²) in [5.74, 6) is -1.57. The van der Waals surface area contributed by atoms with E-state index in [0.29, 0.717) is 26.4 Å². The predicted molar refractivity (Wildman–Crippen MR) is 84.4 cm³/mol. The van der Waals surface area contributed by atoms with Crippen LogP contribution in [-0.2, 0) is 0 Å². The van der Waals surface area contributed by atoms with Crippen molar-refractivity contribution in [3.63, 3.8) is 0 Å². The number of anilines is 2. The van der Waals surface area contributed by atoms with Gasteiger partial charge in [-0.2, -0.15) is 0 Å². The summed E-state index contributed by atoms with van der Waals surface area (Å²) in [5.41, 5.74) is 6.87. The first-order valence-electron chi connectivity index (χ1n) is 5.77. The van der Waals surface area contributed by atoms with Crippen molar-refractivity contribution in [3.05, 3.63) is 57.0 Å². The summed E-state index contributed by atoms with van der Waals surface area (Å²) >= 11 is 9.37. The van der Waals surface area contributed by atoms with Gasteiger partial charge in [0.1, 0.15) is 0 Å². The largest absolute Gasteiger partial charge is 0.478 e. The van der Waals surface area contributed by atoms with Crippen LogP contribution in [0.3, 0.4) is 0 Å². The molecular formula is C14H10BrClN2O3. The van der Waals surface area contributed by atoms with Crippen molar-refractivity contribution in [2.45, 2.75) is 0 Å². The van der Waals surface area contributed by atoms with E-state index in [1.807, 2.05) is 0 Å². The van der Waals surface area contributed by atoms with Crippen molar-refractivity contribution in [2.24, 2.45) is 5.73 Å². The van der Waals surface area contributed by atoms with Crippen LogP contribution >= 0.6 is 27.5 Å². The highest BCUT2D eigenvalue weighted by Gasteiger charge is 2.09. The van der Waals surface area contributed by atoms with Gasteiger partial charge < -0.3 is 16.2 Å². The molecule has 0 spiro atoms. The van der Waals surface area contributed by atoms with Gasteiger partial charge in [-0.05, 0) is 52.3 Å². The first-order chi connectivity index (χ1) is 9.88. The minimum Gasteiger partial charge on any atom is -0.478 e. The van der Waals surface area contributed by atoms with Gasteiger partial charge in [-0.25, -0.2) is 4.79 Å². The first kappa shape index (κ1) is 15.3. The fraction of sp³-hybridized carbons (Fsp3) is 0. The summed E-state index contributed by atoms with van der Waals surface area (Å²) in [4.78, 5) is 21.9. The number of carboxylic acids is 1. The SMILES string of the molecule is NC(=O)c1ccc(Nc2ccc(C(=O)O)cc2Br)c(Cl)c1. The Morgan fingerprint density at radius 2 is 1.71 bits per heavy atom. The summed E-state index contributed by atoms with van der Waals surface area (Å²) in [6.07, 6.45) is 0. The Kier molecular flexibility index (Phi) is 4.50. The maximum atomic E-state index is 11.1. The zero-order valence-corrected chi connectivity index (χ0v) is 12.9. The first-order valence-corrected chi connectivity index (χ1v) is 6.95. The van der Waals surface area contributed by atoms with Gasteiger partial charge in [0.05, 0.1) is 22.0 Å². The molecule has 2 rings (SSSR count). The molecule has 0 saturated heterocycles. The molecule has 2 aromatic rings. The second-order valence-electron chi connectivity index (χ2n) is 4.18. The lowest BCUT2D eigenvalue weighted by Crippen LogP contribution is -2.10. The summed E-state index contributed by atoms with van der Waals surface area (Å²) in [6.45, 7) is 0. The second-order valence-corrected chi connectivity index (χ2v) is 5.45. The standard InChI is InChI=1S/C14H10BrClN2O3/c15-9-5-8(14(20)21)2-3-11(9)18-12-4-1-7(13(17)19)6-10(12)16/h1-6,18H,(H2,17,19)(H,20,21). The van der Waals surface area contributed by atoms with E-state index < -0.39 is 11.9 Å². The maximum absolute atomic E-state index is 11.1. The van der Waals surface area contributed by atoms with Crippen molar-refractivity contribution in [2.75, 3.05) is 5.32 Å². The van der Waals surface area contributed by atoms with Gasteiger partial charge in [-0.1, -0.05) is 11.6 Å². The Bertz CT molecular complexity index is 673. The van der Waals surface area contributed by atoms with Crippen LogP contribution in [0.4, 0.5) is 11.4 Å². The minimum atomic E-state index is -1.01. The average Bonchev–Trinajstić information content (AvgIpc) is 2.42. The van der Waals surface area contributed by atoms with Crippen LogP contribution < -0.4 is 11.1 Å². The third-order valence-corrected chi connectivity index (χ3v) is 3.71. The Morgan fingerprint density at radius 3 is 2.24 bits per heavy atom. The van der Waals surface area contributed by atoms with Gasteiger partial charge >= 0.3 is 5.97 Å². The molecule has 0 heterocycles. The summed E-state index contributed by atoms with van der Waals surface area (Å²) in [5, 5.41) is 12.3. The van der Waals surface area contributed by atoms with Gasteiger partial charge in [0.2, 0.25) is 5.91 Å². The van der Waals surface area contributed by atoms with Crippen molar-refractivity contribution in [3.8, 4) is 0 Å². The molecule has 0 radical (unpaired) electrons. The van der Waals surface area contributed by atoms with Crippen LogP contribution in [0.25, 0.3) is 0 Å². The smallest absolute Gasteiger partial charge is 0.335 e. The number of benzene rings is 2. The molecule has 0 fully saturated rings. The molecule has 7 heteroatoms. The normalized spacial score (nSPS) is 10.2. The Labute approximate surface area is 133 Å². The van der Waals surface area contributed by atoms with Gasteiger partial charge in [-0.3, -0.25) is 4.79 Å². The molecular weight excluding hydrogens is 360 g/mol. The number of aromatic carboxylic acids is 1. The molecule has 0 bridgehead atoms. The number of carbonyl (C=O) groups excluding carboxylic acids is 1. The van der Waals surface area contributed by atoms with E-state index in [2.05, 4.69) is 21.2 Å². The lowest BCUT2D eigenvalue weighted by atomic mass is 10.1. The molecule has 5 nitrogen and oxygen atoms in total. The number of amides is 1. The number of rotatable bonds is 4. The summed E-state index contributed by atoms with van der Waals surface area (Å²) in [7, 11) is 0. The Balaban J connectivity index is 2.30. The van der Waals surface area contributed by atoms with E-state index in [9.17, 15) is 9.59 Å². The fourth-order valence-electron chi connectivity index (χ4n) is 1.66. The third kappa shape index (κ3) is 3.53. The van der Waals surface area contributed by atoms with Crippen molar-refractivity contribution >= 4 is 50.8 Å². The van der Waals surface area contributed by atoms with Gasteiger partial charge in [0, 0.05) is 10.0 Å². The van der Waals surface area contributed by atoms with Crippen LogP contribution in [-0.4, -0.2) is 17.0 Å². The minimum absolute atomic E-state index is 0.169. The maximum Gasteiger partial charge on any atom is 0.335 e. The van der Waals surface area contributed by atoms with Crippen molar-refractivity contribution in [1.29, 1.82) is 0 Å². The molecule has 0 saturated carbocycles. The van der Waals surface area contributed by atoms with Crippen LogP contribution in [0.1, 0.15) is 20.7 Å². The number of primary amides is 1. The third-order valence-electron chi connectivity index (χ3n) is 2.74. The van der Waals surface area contributed by atoms with Gasteiger partial charge in [0.15, 0.2) is 0 Å². The van der Waals surface area contributed by atoms with Crippen LogP contribution in [0.2, 0.25) is 5.02 Å². The lowest BCUT2D eigenvalue weighted by Gasteiger charge is -2.11. The van der Waals surface area contributed by atoms with Crippen molar-refractivity contribution < 1.29 is 14.7 Å². The monoisotopic (exact) mass is 368 g/mol. The van der Waals surface area contributed by atoms with Crippen LogP contribution in [0.15, 0.2) is 40.9 Å². The van der Waals surface area contributed by atoms with E-state index in [1.54, 1.807) is 18.2 Å². The average molecular weight is 370 g/mol. The highest BCUT2D eigenvalue weighted by atomic mass is 79.9. The number of hydrogen-bond acceptors (Lipinski definition) is 3.